The lowest BCUT2D eigenvalue weighted by Gasteiger charge is -2.13. The maximum atomic E-state index is 13.3. The van der Waals surface area contributed by atoms with Gasteiger partial charge in [0.2, 0.25) is 0 Å². The number of ether oxygens (including phenoxy) is 1. The second-order valence-electron chi connectivity index (χ2n) is 3.59. The van der Waals surface area contributed by atoms with Gasteiger partial charge >= 0.3 is 5.97 Å². The van der Waals surface area contributed by atoms with Gasteiger partial charge in [0.1, 0.15) is 11.9 Å². The number of cyclic esters (lactones) is 1. The number of anilines is 1. The number of carbonyl (C=O) groups excluding carboxylic acids is 1. The first-order chi connectivity index (χ1) is 8.16. The molecule has 1 atom stereocenters. The summed E-state index contributed by atoms with van der Waals surface area (Å²) in [4.78, 5) is 11.2. The summed E-state index contributed by atoms with van der Waals surface area (Å²) in [6.45, 7) is 0.388. The molecule has 0 spiro atoms. The summed E-state index contributed by atoms with van der Waals surface area (Å²) >= 11 is 4.99. The van der Waals surface area contributed by atoms with Crippen molar-refractivity contribution in [1.29, 1.82) is 0 Å². The van der Waals surface area contributed by atoms with E-state index in [9.17, 15) is 9.18 Å². The van der Waals surface area contributed by atoms with Crippen molar-refractivity contribution in [3.8, 4) is 0 Å². The van der Waals surface area contributed by atoms with Crippen LogP contribution in [0.25, 0.3) is 0 Å². The van der Waals surface area contributed by atoms with Crippen molar-refractivity contribution >= 4 is 29.0 Å². The van der Waals surface area contributed by atoms with Gasteiger partial charge in [0.25, 0.3) is 0 Å². The minimum absolute atomic E-state index is 0.207. The summed E-state index contributed by atoms with van der Waals surface area (Å²) in [5.41, 5.74) is 0.274. The second-order valence-corrected chi connectivity index (χ2v) is 4.00. The van der Waals surface area contributed by atoms with Gasteiger partial charge in [-0.05, 0) is 24.4 Å². The van der Waals surface area contributed by atoms with E-state index in [4.69, 9.17) is 17.0 Å². The number of hydrogen-bond acceptors (Lipinski definition) is 3. The number of carbonyl (C=O) groups is 1. The van der Waals surface area contributed by atoms with Crippen molar-refractivity contribution in [1.82, 2.24) is 5.32 Å². The van der Waals surface area contributed by atoms with E-state index >= 15 is 0 Å². The molecule has 1 aliphatic rings. The second kappa shape index (κ2) is 5.09. The summed E-state index contributed by atoms with van der Waals surface area (Å²) in [5.74, 6) is -0.728. The maximum absolute atomic E-state index is 13.3. The third kappa shape index (κ3) is 2.91. The molecule has 1 saturated heterocycles. The average molecular weight is 254 g/mol. The van der Waals surface area contributed by atoms with Crippen LogP contribution in [0.3, 0.4) is 0 Å². The molecule has 0 amide bonds. The van der Waals surface area contributed by atoms with Crippen molar-refractivity contribution in [2.24, 2.45) is 0 Å². The molecule has 1 aromatic rings. The highest BCUT2D eigenvalue weighted by Crippen LogP contribution is 2.12. The van der Waals surface area contributed by atoms with Crippen LogP contribution < -0.4 is 10.6 Å². The van der Waals surface area contributed by atoms with Crippen molar-refractivity contribution in [2.75, 3.05) is 11.9 Å². The summed E-state index contributed by atoms with van der Waals surface area (Å²) in [6, 6.07) is 5.73. The number of rotatable bonds is 2. The zero-order valence-corrected chi connectivity index (χ0v) is 9.72. The molecular weight excluding hydrogens is 243 g/mol. The Balaban J connectivity index is 1.93. The first-order valence-electron chi connectivity index (χ1n) is 5.15. The number of halogens is 1. The molecule has 0 aliphatic carbocycles. The minimum atomic E-state index is -0.443. The van der Waals surface area contributed by atoms with E-state index in [0.29, 0.717) is 13.0 Å². The van der Waals surface area contributed by atoms with Gasteiger partial charge in [0, 0.05) is 6.42 Å². The molecule has 6 heteroatoms. The largest absolute Gasteiger partial charge is 0.464 e. The van der Waals surface area contributed by atoms with Crippen LogP contribution >= 0.6 is 12.2 Å². The van der Waals surface area contributed by atoms with Gasteiger partial charge in [-0.15, -0.1) is 0 Å². The lowest BCUT2D eigenvalue weighted by atomic mass is 10.2. The highest BCUT2D eigenvalue weighted by molar-refractivity contribution is 7.80. The standard InChI is InChI=1S/C11H11FN2O2S/c12-7-3-1-2-4-8(7)13-11(17)14-9-5-6-16-10(9)15/h1-4,9H,5-6H2,(H2,13,14,17)/t9-/m0/s1. The minimum Gasteiger partial charge on any atom is -0.464 e. The maximum Gasteiger partial charge on any atom is 0.328 e. The molecule has 4 nitrogen and oxygen atoms in total. The number of esters is 1. The Morgan fingerprint density at radius 2 is 2.24 bits per heavy atom. The molecule has 0 saturated carbocycles. The monoisotopic (exact) mass is 254 g/mol. The topological polar surface area (TPSA) is 50.4 Å². The molecule has 17 heavy (non-hydrogen) atoms. The molecule has 0 bridgehead atoms. The third-order valence-corrected chi connectivity index (χ3v) is 2.58. The first kappa shape index (κ1) is 11.8. The molecule has 1 aromatic carbocycles. The Morgan fingerprint density at radius 3 is 2.88 bits per heavy atom. The number of para-hydroxylation sites is 1. The lowest BCUT2D eigenvalue weighted by molar-refractivity contribution is -0.139. The van der Waals surface area contributed by atoms with E-state index in [1.807, 2.05) is 0 Å². The fourth-order valence-electron chi connectivity index (χ4n) is 1.51. The molecule has 90 valence electrons. The van der Waals surface area contributed by atoms with Crippen LogP contribution in [0.5, 0.6) is 0 Å². The van der Waals surface area contributed by atoms with Crippen LogP contribution in [0.15, 0.2) is 24.3 Å². The predicted molar refractivity (Wildman–Crippen MR) is 65.1 cm³/mol. The molecule has 0 radical (unpaired) electrons. The summed E-state index contributed by atoms with van der Waals surface area (Å²) < 4.78 is 18.1. The Morgan fingerprint density at radius 1 is 1.47 bits per heavy atom. The van der Waals surface area contributed by atoms with Crippen LogP contribution in [-0.2, 0) is 9.53 Å². The van der Waals surface area contributed by atoms with Crippen LogP contribution in [-0.4, -0.2) is 23.7 Å². The summed E-state index contributed by atoms with van der Waals surface area (Å²) in [5, 5.41) is 5.69. The molecule has 0 unspecified atom stereocenters. The lowest BCUT2D eigenvalue weighted by Crippen LogP contribution is -2.40. The van der Waals surface area contributed by atoms with Crippen LogP contribution in [0, 0.1) is 5.82 Å². The van der Waals surface area contributed by atoms with Gasteiger partial charge in [-0.25, -0.2) is 9.18 Å². The summed E-state index contributed by atoms with van der Waals surface area (Å²) in [7, 11) is 0. The fraction of sp³-hybridized carbons (Fsp3) is 0.273. The number of nitrogens with one attached hydrogen (secondary N) is 2. The smallest absolute Gasteiger partial charge is 0.328 e. The van der Waals surface area contributed by atoms with Crippen molar-refractivity contribution < 1.29 is 13.9 Å². The highest BCUT2D eigenvalue weighted by Gasteiger charge is 2.26. The Labute approximate surface area is 103 Å². The van der Waals surface area contributed by atoms with Crippen molar-refractivity contribution in [3.05, 3.63) is 30.1 Å². The van der Waals surface area contributed by atoms with Crippen molar-refractivity contribution in [2.45, 2.75) is 12.5 Å². The van der Waals surface area contributed by atoms with Gasteiger partial charge in [-0.2, -0.15) is 0 Å². The highest BCUT2D eigenvalue weighted by atomic mass is 32.1. The predicted octanol–water partition coefficient (Wildman–Crippen LogP) is 1.43. The van der Waals surface area contributed by atoms with Gasteiger partial charge in [0.15, 0.2) is 5.11 Å². The number of thiocarbonyl (C=S) groups is 1. The van der Waals surface area contributed by atoms with E-state index < -0.39 is 11.9 Å². The van der Waals surface area contributed by atoms with Crippen LogP contribution in [0.4, 0.5) is 10.1 Å². The third-order valence-electron chi connectivity index (χ3n) is 2.36. The van der Waals surface area contributed by atoms with Gasteiger partial charge in [0.05, 0.1) is 12.3 Å². The van der Waals surface area contributed by atoms with E-state index in [1.165, 1.54) is 6.07 Å². The first-order valence-corrected chi connectivity index (χ1v) is 5.56. The SMILES string of the molecule is O=C1OCC[C@@H]1NC(=S)Nc1ccccc1F. The van der Waals surface area contributed by atoms with E-state index in [0.717, 1.165) is 0 Å². The molecule has 2 rings (SSSR count). The number of hydrogen-bond donors (Lipinski definition) is 2. The molecule has 1 fully saturated rings. The van der Waals surface area contributed by atoms with Crippen molar-refractivity contribution in [3.63, 3.8) is 0 Å². The van der Waals surface area contributed by atoms with Gasteiger partial charge in [-0.3, -0.25) is 0 Å². The molecule has 2 N–H and O–H groups in total. The van der Waals surface area contributed by atoms with Gasteiger partial charge in [-0.1, -0.05) is 12.1 Å². The van der Waals surface area contributed by atoms with E-state index in [1.54, 1.807) is 18.2 Å². The van der Waals surface area contributed by atoms with Crippen LogP contribution in [0.1, 0.15) is 6.42 Å². The number of benzene rings is 1. The Kier molecular flexibility index (Phi) is 3.53. The van der Waals surface area contributed by atoms with Gasteiger partial charge < -0.3 is 15.4 Å². The molecule has 0 aromatic heterocycles. The molecule has 1 aliphatic heterocycles. The quantitative estimate of drug-likeness (QED) is 0.617. The van der Waals surface area contributed by atoms with E-state index in [2.05, 4.69) is 10.6 Å². The average Bonchev–Trinajstić information content (AvgIpc) is 2.68. The summed E-state index contributed by atoms with van der Waals surface area (Å²) in [6.07, 6.45) is 0.567. The molecule has 1 heterocycles. The van der Waals surface area contributed by atoms with Crippen LogP contribution in [0.2, 0.25) is 0 Å². The normalized spacial score (nSPS) is 18.6. The molecular formula is C11H11FN2O2S. The Bertz CT molecular complexity index is 453. The van der Waals surface area contributed by atoms with E-state index in [-0.39, 0.29) is 16.8 Å². The zero-order chi connectivity index (χ0) is 12.3. The Hall–Kier alpha value is -1.69. The zero-order valence-electron chi connectivity index (χ0n) is 8.90. The fourth-order valence-corrected chi connectivity index (χ4v) is 1.76.